The fourth-order valence-electron chi connectivity index (χ4n) is 3.56. The summed E-state index contributed by atoms with van der Waals surface area (Å²) in [7, 11) is 0. The monoisotopic (exact) mass is 501 g/mol. The van der Waals surface area contributed by atoms with Gasteiger partial charge in [-0.3, -0.25) is 19.6 Å². The van der Waals surface area contributed by atoms with Crippen LogP contribution in [0.1, 0.15) is 40.4 Å². The lowest BCUT2D eigenvalue weighted by Gasteiger charge is -2.06. The summed E-state index contributed by atoms with van der Waals surface area (Å²) in [5, 5.41) is 15.2. The molecule has 0 aliphatic rings. The van der Waals surface area contributed by atoms with Crippen molar-refractivity contribution in [1.29, 1.82) is 0 Å². The summed E-state index contributed by atoms with van der Waals surface area (Å²) >= 11 is 1.38. The first-order chi connectivity index (χ1) is 17.5. The Kier molecular flexibility index (Phi) is 8.77. The van der Waals surface area contributed by atoms with Crippen molar-refractivity contribution in [3.05, 3.63) is 88.6 Å². The first-order valence-corrected chi connectivity index (χ1v) is 12.5. The van der Waals surface area contributed by atoms with Crippen LogP contribution in [0.25, 0.3) is 0 Å². The summed E-state index contributed by atoms with van der Waals surface area (Å²) in [5.41, 5.74) is 3.66. The number of rotatable bonds is 11. The van der Waals surface area contributed by atoms with Crippen LogP contribution in [0.2, 0.25) is 0 Å². The number of carbonyl (C=O) groups excluding carboxylic acids is 2. The second kappa shape index (κ2) is 12.6. The molecule has 0 radical (unpaired) electrons. The van der Waals surface area contributed by atoms with Gasteiger partial charge in [0.05, 0.1) is 30.9 Å². The van der Waals surface area contributed by atoms with Crippen molar-refractivity contribution in [3.8, 4) is 0 Å². The van der Waals surface area contributed by atoms with Gasteiger partial charge in [0.2, 0.25) is 16.9 Å². The van der Waals surface area contributed by atoms with Crippen LogP contribution in [-0.4, -0.2) is 37.0 Å². The average Bonchev–Trinajstić information content (AvgIpc) is 3.30. The smallest absolute Gasteiger partial charge is 0.232 e. The van der Waals surface area contributed by atoms with Crippen LogP contribution in [0.15, 0.2) is 61.1 Å². The standard InChI is InChI=1S/C26H27N7O2S/c1-18-7-6-8-19(13-18)14-23(34)30-22-17-28-21(16-29-22)10-2-3-11-25-32-33-26(36-25)31-24(35)15-20-9-4-5-12-27-20/h4-9,12-13,16-17H,2-3,10-11,14-15H2,1H3,(H,29,30,34)(H,31,33,35). The van der Waals surface area contributed by atoms with Crippen molar-refractivity contribution in [2.45, 2.75) is 45.4 Å². The van der Waals surface area contributed by atoms with Crippen molar-refractivity contribution >= 4 is 34.1 Å². The Morgan fingerprint density at radius 3 is 2.47 bits per heavy atom. The lowest BCUT2D eigenvalue weighted by Crippen LogP contribution is -2.15. The Balaban J connectivity index is 1.15. The predicted molar refractivity (Wildman–Crippen MR) is 139 cm³/mol. The minimum atomic E-state index is -0.162. The van der Waals surface area contributed by atoms with E-state index in [0.29, 0.717) is 23.1 Å². The van der Waals surface area contributed by atoms with Crippen LogP contribution >= 0.6 is 11.3 Å². The molecule has 184 valence electrons. The van der Waals surface area contributed by atoms with Gasteiger partial charge in [0, 0.05) is 18.3 Å². The van der Waals surface area contributed by atoms with Gasteiger partial charge in [-0.2, -0.15) is 0 Å². The van der Waals surface area contributed by atoms with E-state index in [1.807, 2.05) is 49.4 Å². The SMILES string of the molecule is Cc1cccc(CC(=O)Nc2cnc(CCCCc3nnc(NC(=O)Cc4ccccn4)s3)cn2)c1. The molecule has 0 aliphatic heterocycles. The second-order valence-corrected chi connectivity index (χ2v) is 9.42. The van der Waals surface area contributed by atoms with Crippen molar-refractivity contribution in [2.75, 3.05) is 10.6 Å². The summed E-state index contributed by atoms with van der Waals surface area (Å²) in [5.74, 6) is 0.166. The van der Waals surface area contributed by atoms with Gasteiger partial charge in [-0.05, 0) is 43.9 Å². The third-order valence-corrected chi connectivity index (χ3v) is 6.17. The number of aryl methyl sites for hydroxylation is 3. The molecule has 36 heavy (non-hydrogen) atoms. The number of aromatic nitrogens is 5. The summed E-state index contributed by atoms with van der Waals surface area (Å²) < 4.78 is 0. The topological polar surface area (TPSA) is 123 Å². The molecule has 0 bridgehead atoms. The molecule has 3 heterocycles. The van der Waals surface area contributed by atoms with E-state index in [9.17, 15) is 9.59 Å². The fraction of sp³-hybridized carbons (Fsp3) is 0.269. The number of anilines is 2. The van der Waals surface area contributed by atoms with Crippen molar-refractivity contribution in [1.82, 2.24) is 25.1 Å². The van der Waals surface area contributed by atoms with E-state index in [-0.39, 0.29) is 18.2 Å². The summed E-state index contributed by atoms with van der Waals surface area (Å²) in [6.45, 7) is 2.00. The molecule has 0 atom stereocenters. The van der Waals surface area contributed by atoms with E-state index >= 15 is 0 Å². The molecule has 2 N–H and O–H groups in total. The molecule has 0 aliphatic carbocycles. The molecular formula is C26H27N7O2S. The Bertz CT molecular complexity index is 1290. The van der Waals surface area contributed by atoms with Crippen molar-refractivity contribution < 1.29 is 9.59 Å². The zero-order valence-electron chi connectivity index (χ0n) is 20.0. The molecule has 4 rings (SSSR count). The van der Waals surface area contributed by atoms with Crippen molar-refractivity contribution in [2.24, 2.45) is 0 Å². The normalized spacial score (nSPS) is 10.7. The van der Waals surface area contributed by atoms with Crippen LogP contribution in [0.3, 0.4) is 0 Å². The molecule has 0 spiro atoms. The lowest BCUT2D eigenvalue weighted by atomic mass is 10.1. The number of hydrogen-bond donors (Lipinski definition) is 2. The van der Waals surface area contributed by atoms with E-state index < -0.39 is 0 Å². The third-order valence-electron chi connectivity index (χ3n) is 5.27. The van der Waals surface area contributed by atoms with E-state index in [1.54, 1.807) is 18.6 Å². The number of unbranched alkanes of at least 4 members (excludes halogenated alkanes) is 1. The van der Waals surface area contributed by atoms with Gasteiger partial charge >= 0.3 is 0 Å². The maximum atomic E-state index is 12.3. The number of nitrogens with one attached hydrogen (secondary N) is 2. The highest BCUT2D eigenvalue weighted by molar-refractivity contribution is 7.15. The quantitative estimate of drug-likeness (QED) is 0.298. The van der Waals surface area contributed by atoms with Crippen LogP contribution in [0.4, 0.5) is 10.9 Å². The highest BCUT2D eigenvalue weighted by atomic mass is 32.1. The minimum Gasteiger partial charge on any atom is -0.309 e. The number of carbonyl (C=O) groups is 2. The Labute approximate surface area is 213 Å². The van der Waals surface area contributed by atoms with E-state index in [4.69, 9.17) is 0 Å². The molecule has 2 amide bonds. The highest BCUT2D eigenvalue weighted by Crippen LogP contribution is 2.18. The maximum Gasteiger partial charge on any atom is 0.232 e. The van der Waals surface area contributed by atoms with Crippen LogP contribution in [0, 0.1) is 6.92 Å². The van der Waals surface area contributed by atoms with E-state index in [0.717, 1.165) is 47.5 Å². The Hall–Kier alpha value is -4.05. The zero-order valence-corrected chi connectivity index (χ0v) is 20.8. The molecular weight excluding hydrogens is 474 g/mol. The minimum absolute atomic E-state index is 0.119. The largest absolute Gasteiger partial charge is 0.309 e. The Morgan fingerprint density at radius 1 is 0.833 bits per heavy atom. The molecule has 4 aromatic rings. The molecule has 1 aromatic carbocycles. The zero-order chi connectivity index (χ0) is 25.2. The van der Waals surface area contributed by atoms with Gasteiger partial charge in [0.1, 0.15) is 5.01 Å². The second-order valence-electron chi connectivity index (χ2n) is 8.36. The van der Waals surface area contributed by atoms with E-state index in [2.05, 4.69) is 35.8 Å². The number of nitrogens with zero attached hydrogens (tertiary/aromatic N) is 5. The van der Waals surface area contributed by atoms with E-state index in [1.165, 1.54) is 11.3 Å². The van der Waals surface area contributed by atoms with Gasteiger partial charge in [0.15, 0.2) is 5.82 Å². The molecule has 10 heteroatoms. The number of pyridine rings is 1. The first-order valence-electron chi connectivity index (χ1n) is 11.7. The molecule has 9 nitrogen and oxygen atoms in total. The molecule has 0 fully saturated rings. The fourth-order valence-corrected chi connectivity index (χ4v) is 4.36. The van der Waals surface area contributed by atoms with Gasteiger partial charge in [-0.15, -0.1) is 10.2 Å². The number of amides is 2. The van der Waals surface area contributed by atoms with Gasteiger partial charge < -0.3 is 10.6 Å². The van der Waals surface area contributed by atoms with Crippen LogP contribution in [-0.2, 0) is 35.3 Å². The predicted octanol–water partition coefficient (Wildman–Crippen LogP) is 3.96. The Morgan fingerprint density at radius 2 is 1.69 bits per heavy atom. The summed E-state index contributed by atoms with van der Waals surface area (Å²) in [6, 6.07) is 13.4. The lowest BCUT2D eigenvalue weighted by molar-refractivity contribution is -0.116. The van der Waals surface area contributed by atoms with Crippen LogP contribution in [0.5, 0.6) is 0 Å². The first kappa shape index (κ1) is 25.1. The van der Waals surface area contributed by atoms with Gasteiger partial charge in [0.25, 0.3) is 0 Å². The van der Waals surface area contributed by atoms with Crippen LogP contribution < -0.4 is 10.6 Å². The highest BCUT2D eigenvalue weighted by Gasteiger charge is 2.10. The maximum absolute atomic E-state index is 12.3. The average molecular weight is 502 g/mol. The van der Waals surface area contributed by atoms with Gasteiger partial charge in [-0.25, -0.2) is 4.98 Å². The molecule has 0 saturated heterocycles. The van der Waals surface area contributed by atoms with Crippen molar-refractivity contribution in [3.63, 3.8) is 0 Å². The number of benzene rings is 1. The summed E-state index contributed by atoms with van der Waals surface area (Å²) in [4.78, 5) is 37.3. The molecule has 0 saturated carbocycles. The summed E-state index contributed by atoms with van der Waals surface area (Å²) in [6.07, 6.45) is 8.82. The third kappa shape index (κ3) is 8.02. The number of hydrogen-bond acceptors (Lipinski definition) is 8. The molecule has 3 aromatic heterocycles. The molecule has 0 unspecified atom stereocenters. The van der Waals surface area contributed by atoms with Gasteiger partial charge in [-0.1, -0.05) is 47.2 Å².